The molecule has 0 atom stereocenters. The predicted molar refractivity (Wildman–Crippen MR) is 70.7 cm³/mol. The Balaban J connectivity index is 1.81. The van der Waals surface area contributed by atoms with E-state index in [0.717, 1.165) is 31.6 Å². The van der Waals surface area contributed by atoms with Gasteiger partial charge >= 0.3 is 6.09 Å². The van der Waals surface area contributed by atoms with Gasteiger partial charge in [0.1, 0.15) is 6.61 Å². The Morgan fingerprint density at radius 3 is 2.83 bits per heavy atom. The lowest BCUT2D eigenvalue weighted by Gasteiger charge is -2.19. The molecule has 1 aromatic carbocycles. The second kappa shape index (κ2) is 6.61. The molecule has 4 nitrogen and oxygen atoms in total. The van der Waals surface area contributed by atoms with Crippen molar-refractivity contribution in [1.29, 1.82) is 0 Å². The van der Waals surface area contributed by atoms with Crippen LogP contribution in [0.1, 0.15) is 12.0 Å². The highest BCUT2D eigenvalue weighted by molar-refractivity contribution is 6.30. The summed E-state index contributed by atoms with van der Waals surface area (Å²) in [6, 6.07) is 7.31. The molecular weight excluding hydrogens is 252 g/mol. The van der Waals surface area contributed by atoms with E-state index in [-0.39, 0.29) is 6.09 Å². The summed E-state index contributed by atoms with van der Waals surface area (Å²) in [6.45, 7) is 3.54. The Morgan fingerprint density at radius 1 is 1.28 bits per heavy atom. The molecule has 0 unspecified atom stereocenters. The Morgan fingerprint density at radius 2 is 2.06 bits per heavy atom. The maximum atomic E-state index is 11.8. The number of amides is 1. The van der Waals surface area contributed by atoms with Gasteiger partial charge in [-0.25, -0.2) is 4.79 Å². The van der Waals surface area contributed by atoms with Crippen molar-refractivity contribution in [2.45, 2.75) is 13.0 Å². The van der Waals surface area contributed by atoms with Crippen molar-refractivity contribution in [3.05, 3.63) is 34.9 Å². The van der Waals surface area contributed by atoms with E-state index >= 15 is 0 Å². The van der Waals surface area contributed by atoms with Crippen LogP contribution in [0.4, 0.5) is 4.79 Å². The number of nitrogens with one attached hydrogen (secondary N) is 1. The first-order valence-corrected chi connectivity index (χ1v) is 6.50. The van der Waals surface area contributed by atoms with Gasteiger partial charge in [-0.3, -0.25) is 0 Å². The molecule has 0 radical (unpaired) electrons. The summed E-state index contributed by atoms with van der Waals surface area (Å²) in [4.78, 5) is 13.6. The topological polar surface area (TPSA) is 41.6 Å². The number of hydrogen-bond acceptors (Lipinski definition) is 3. The van der Waals surface area contributed by atoms with E-state index in [4.69, 9.17) is 16.3 Å². The third-order valence-corrected chi connectivity index (χ3v) is 3.13. The summed E-state index contributed by atoms with van der Waals surface area (Å²) >= 11 is 5.79. The van der Waals surface area contributed by atoms with Crippen molar-refractivity contribution >= 4 is 17.7 Å². The molecule has 2 rings (SSSR count). The lowest BCUT2D eigenvalue weighted by Crippen LogP contribution is -2.34. The SMILES string of the molecule is O=C(OCc1ccc(Cl)cc1)N1CCCNCC1. The van der Waals surface area contributed by atoms with E-state index in [1.807, 2.05) is 12.1 Å². The molecule has 0 spiro atoms. The molecule has 0 aliphatic carbocycles. The number of ether oxygens (including phenoxy) is 1. The highest BCUT2D eigenvalue weighted by Gasteiger charge is 2.16. The summed E-state index contributed by atoms with van der Waals surface area (Å²) in [6.07, 6.45) is 0.726. The first-order valence-electron chi connectivity index (χ1n) is 6.12. The monoisotopic (exact) mass is 268 g/mol. The molecule has 0 aromatic heterocycles. The standard InChI is InChI=1S/C13H17ClN2O2/c14-12-4-2-11(3-5-12)10-18-13(17)16-8-1-6-15-7-9-16/h2-5,15H,1,6-10H2. The van der Waals surface area contributed by atoms with Crippen molar-refractivity contribution in [1.82, 2.24) is 10.2 Å². The van der Waals surface area contributed by atoms with Gasteiger partial charge in [0, 0.05) is 24.7 Å². The Kier molecular flexibility index (Phi) is 4.84. The largest absolute Gasteiger partial charge is 0.445 e. The minimum Gasteiger partial charge on any atom is -0.445 e. The van der Waals surface area contributed by atoms with Crippen molar-refractivity contribution in [3.63, 3.8) is 0 Å². The molecule has 98 valence electrons. The highest BCUT2D eigenvalue weighted by Crippen LogP contribution is 2.11. The molecule has 0 bridgehead atoms. The maximum absolute atomic E-state index is 11.8. The molecule has 1 aliphatic heterocycles. The number of carbonyl (C=O) groups excluding carboxylic acids is 1. The van der Waals surface area contributed by atoms with Crippen LogP contribution in [-0.2, 0) is 11.3 Å². The fourth-order valence-corrected chi connectivity index (χ4v) is 1.97. The smallest absolute Gasteiger partial charge is 0.410 e. The summed E-state index contributed by atoms with van der Waals surface area (Å²) in [5.74, 6) is 0. The van der Waals surface area contributed by atoms with E-state index in [2.05, 4.69) is 5.32 Å². The van der Waals surface area contributed by atoms with Crippen LogP contribution < -0.4 is 5.32 Å². The number of hydrogen-bond donors (Lipinski definition) is 1. The van der Waals surface area contributed by atoms with Crippen LogP contribution in [-0.4, -0.2) is 37.2 Å². The number of rotatable bonds is 2. The number of benzene rings is 1. The third kappa shape index (κ3) is 3.89. The molecule has 1 N–H and O–H groups in total. The summed E-state index contributed by atoms with van der Waals surface area (Å²) in [7, 11) is 0. The number of nitrogens with zero attached hydrogens (tertiary/aromatic N) is 1. The first kappa shape index (κ1) is 13.2. The quantitative estimate of drug-likeness (QED) is 0.895. The van der Waals surface area contributed by atoms with E-state index < -0.39 is 0 Å². The molecule has 1 fully saturated rings. The molecule has 1 aliphatic rings. The normalized spacial score (nSPS) is 16.2. The average molecular weight is 269 g/mol. The van der Waals surface area contributed by atoms with Gasteiger partial charge in [0.25, 0.3) is 0 Å². The van der Waals surface area contributed by atoms with Gasteiger partial charge < -0.3 is 15.0 Å². The molecule has 1 amide bonds. The molecule has 0 saturated carbocycles. The van der Waals surface area contributed by atoms with E-state index in [0.29, 0.717) is 18.2 Å². The Labute approximate surface area is 112 Å². The molecule has 1 aromatic rings. The van der Waals surface area contributed by atoms with Crippen LogP contribution in [0.5, 0.6) is 0 Å². The van der Waals surface area contributed by atoms with Gasteiger partial charge in [-0.1, -0.05) is 23.7 Å². The average Bonchev–Trinajstić information content (AvgIpc) is 2.66. The zero-order valence-electron chi connectivity index (χ0n) is 10.2. The minimum atomic E-state index is -0.242. The minimum absolute atomic E-state index is 0.242. The van der Waals surface area contributed by atoms with Crippen LogP contribution in [0.2, 0.25) is 5.02 Å². The molecular formula is C13H17ClN2O2. The lowest BCUT2D eigenvalue weighted by atomic mass is 10.2. The fraction of sp³-hybridized carbons (Fsp3) is 0.462. The van der Waals surface area contributed by atoms with E-state index in [1.165, 1.54) is 0 Å². The van der Waals surface area contributed by atoms with Crippen LogP contribution in [0.25, 0.3) is 0 Å². The van der Waals surface area contributed by atoms with Crippen LogP contribution in [0.3, 0.4) is 0 Å². The van der Waals surface area contributed by atoms with Crippen molar-refractivity contribution in [2.24, 2.45) is 0 Å². The van der Waals surface area contributed by atoms with Crippen LogP contribution in [0, 0.1) is 0 Å². The Hall–Kier alpha value is -1.26. The molecule has 1 saturated heterocycles. The molecule has 18 heavy (non-hydrogen) atoms. The number of carbonyl (C=O) groups is 1. The van der Waals surface area contributed by atoms with Crippen molar-refractivity contribution < 1.29 is 9.53 Å². The summed E-state index contributed by atoms with van der Waals surface area (Å²) < 4.78 is 5.28. The van der Waals surface area contributed by atoms with Gasteiger partial charge in [-0.05, 0) is 30.7 Å². The molecule has 1 heterocycles. The van der Waals surface area contributed by atoms with Gasteiger partial charge in [0.2, 0.25) is 0 Å². The first-order chi connectivity index (χ1) is 8.75. The zero-order chi connectivity index (χ0) is 12.8. The molecule has 5 heteroatoms. The zero-order valence-corrected chi connectivity index (χ0v) is 10.9. The van der Waals surface area contributed by atoms with E-state index in [9.17, 15) is 4.79 Å². The summed E-state index contributed by atoms with van der Waals surface area (Å²) in [5.41, 5.74) is 0.945. The Bertz CT molecular complexity index is 386. The lowest BCUT2D eigenvalue weighted by molar-refractivity contribution is 0.0985. The number of halogens is 1. The second-order valence-electron chi connectivity index (χ2n) is 4.27. The summed E-state index contributed by atoms with van der Waals surface area (Å²) in [5, 5.41) is 3.93. The van der Waals surface area contributed by atoms with Crippen LogP contribution >= 0.6 is 11.6 Å². The predicted octanol–water partition coefficient (Wildman–Crippen LogP) is 2.27. The third-order valence-electron chi connectivity index (χ3n) is 2.87. The maximum Gasteiger partial charge on any atom is 0.410 e. The van der Waals surface area contributed by atoms with E-state index in [1.54, 1.807) is 17.0 Å². The van der Waals surface area contributed by atoms with Gasteiger partial charge in [0.15, 0.2) is 0 Å². The van der Waals surface area contributed by atoms with Crippen molar-refractivity contribution in [2.75, 3.05) is 26.2 Å². The van der Waals surface area contributed by atoms with Crippen LogP contribution in [0.15, 0.2) is 24.3 Å². The van der Waals surface area contributed by atoms with Gasteiger partial charge in [0.05, 0.1) is 0 Å². The van der Waals surface area contributed by atoms with Gasteiger partial charge in [-0.15, -0.1) is 0 Å². The fourth-order valence-electron chi connectivity index (χ4n) is 1.85. The second-order valence-corrected chi connectivity index (χ2v) is 4.71. The van der Waals surface area contributed by atoms with Crippen molar-refractivity contribution in [3.8, 4) is 0 Å². The van der Waals surface area contributed by atoms with Gasteiger partial charge in [-0.2, -0.15) is 0 Å². The highest BCUT2D eigenvalue weighted by atomic mass is 35.5.